The molecule has 26 heavy (non-hydrogen) atoms. The SMILES string of the molecule is Cc1ccc([C@@H]2Nc3cc(C)c(C)cc3NC3=C2C(=O)CC(C)(C)C3)s1. The second kappa shape index (κ2) is 5.98. The summed E-state index contributed by atoms with van der Waals surface area (Å²) in [6, 6.07) is 8.60. The van der Waals surface area contributed by atoms with E-state index in [1.54, 1.807) is 11.3 Å². The lowest BCUT2D eigenvalue weighted by molar-refractivity contribution is -0.118. The first-order valence-electron chi connectivity index (χ1n) is 9.21. The van der Waals surface area contributed by atoms with Crippen molar-refractivity contribution in [1.29, 1.82) is 0 Å². The number of Topliss-reactive ketones (excluding diaryl/α,β-unsaturated/α-hetero) is 1. The van der Waals surface area contributed by atoms with E-state index in [-0.39, 0.29) is 17.2 Å². The second-order valence-electron chi connectivity index (χ2n) is 8.47. The van der Waals surface area contributed by atoms with Crippen molar-refractivity contribution < 1.29 is 4.79 Å². The van der Waals surface area contributed by atoms with E-state index in [4.69, 9.17) is 0 Å². The molecule has 0 radical (unpaired) electrons. The molecule has 0 saturated heterocycles. The van der Waals surface area contributed by atoms with E-state index in [0.717, 1.165) is 29.1 Å². The Balaban J connectivity index is 1.90. The summed E-state index contributed by atoms with van der Waals surface area (Å²) in [7, 11) is 0. The Hall–Kier alpha value is -2.07. The van der Waals surface area contributed by atoms with Gasteiger partial charge >= 0.3 is 0 Å². The number of nitrogens with one attached hydrogen (secondary N) is 2. The van der Waals surface area contributed by atoms with Gasteiger partial charge in [0, 0.05) is 27.4 Å². The van der Waals surface area contributed by atoms with Crippen LogP contribution in [0.2, 0.25) is 0 Å². The van der Waals surface area contributed by atoms with Crippen LogP contribution >= 0.6 is 11.3 Å². The number of anilines is 2. The summed E-state index contributed by atoms with van der Waals surface area (Å²) in [5.41, 5.74) is 6.64. The summed E-state index contributed by atoms with van der Waals surface area (Å²) in [4.78, 5) is 15.6. The van der Waals surface area contributed by atoms with Crippen molar-refractivity contribution in [3.63, 3.8) is 0 Å². The van der Waals surface area contributed by atoms with Crippen molar-refractivity contribution in [2.45, 2.75) is 53.5 Å². The normalized spacial score (nSPS) is 21.4. The smallest absolute Gasteiger partial charge is 0.163 e. The third-order valence-electron chi connectivity index (χ3n) is 5.47. The van der Waals surface area contributed by atoms with Crippen LogP contribution < -0.4 is 10.6 Å². The van der Waals surface area contributed by atoms with E-state index in [1.165, 1.54) is 20.9 Å². The molecule has 0 saturated carbocycles. The highest BCUT2D eigenvalue weighted by Crippen LogP contribution is 2.46. The van der Waals surface area contributed by atoms with Crippen LogP contribution in [0.25, 0.3) is 0 Å². The van der Waals surface area contributed by atoms with Crippen molar-refractivity contribution in [1.82, 2.24) is 0 Å². The van der Waals surface area contributed by atoms with Crippen molar-refractivity contribution in [2.24, 2.45) is 5.41 Å². The molecule has 2 N–H and O–H groups in total. The molecule has 0 spiro atoms. The van der Waals surface area contributed by atoms with Gasteiger partial charge in [0.05, 0.1) is 17.4 Å². The molecule has 4 rings (SSSR count). The molecule has 3 nitrogen and oxygen atoms in total. The van der Waals surface area contributed by atoms with Crippen molar-refractivity contribution in [3.05, 3.63) is 56.4 Å². The van der Waals surface area contributed by atoms with Crippen LogP contribution in [0, 0.1) is 26.2 Å². The molecule has 1 atom stereocenters. The van der Waals surface area contributed by atoms with Crippen LogP contribution in [0.1, 0.15) is 53.6 Å². The Morgan fingerprint density at radius 2 is 1.73 bits per heavy atom. The van der Waals surface area contributed by atoms with Gasteiger partial charge in [0.1, 0.15) is 0 Å². The number of aryl methyl sites for hydroxylation is 3. The lowest BCUT2D eigenvalue weighted by atomic mass is 9.74. The molecule has 4 heteroatoms. The van der Waals surface area contributed by atoms with Gasteiger partial charge in [0.2, 0.25) is 0 Å². The zero-order chi connectivity index (χ0) is 18.6. The molecule has 1 aromatic carbocycles. The number of rotatable bonds is 1. The van der Waals surface area contributed by atoms with Gasteiger partial charge < -0.3 is 10.6 Å². The van der Waals surface area contributed by atoms with E-state index in [0.29, 0.717) is 6.42 Å². The molecule has 0 fully saturated rings. The lowest BCUT2D eigenvalue weighted by Gasteiger charge is -2.33. The highest BCUT2D eigenvalue weighted by Gasteiger charge is 2.39. The number of ketones is 1. The molecule has 0 bridgehead atoms. The Bertz CT molecular complexity index is 936. The number of carbonyl (C=O) groups excluding carboxylic acids is 1. The number of carbonyl (C=O) groups is 1. The summed E-state index contributed by atoms with van der Waals surface area (Å²) >= 11 is 1.77. The summed E-state index contributed by atoms with van der Waals surface area (Å²) < 4.78 is 0. The number of hydrogen-bond donors (Lipinski definition) is 2. The Morgan fingerprint density at radius 3 is 2.38 bits per heavy atom. The number of hydrogen-bond acceptors (Lipinski definition) is 4. The van der Waals surface area contributed by atoms with Gasteiger partial charge in [0.25, 0.3) is 0 Å². The van der Waals surface area contributed by atoms with Crippen LogP contribution in [-0.4, -0.2) is 5.78 Å². The maximum atomic E-state index is 13.1. The quantitative estimate of drug-likeness (QED) is 0.660. The minimum Gasteiger partial charge on any atom is -0.372 e. The summed E-state index contributed by atoms with van der Waals surface area (Å²) in [6.45, 7) is 10.7. The molecule has 136 valence electrons. The van der Waals surface area contributed by atoms with Gasteiger partial charge in [-0.2, -0.15) is 0 Å². The van der Waals surface area contributed by atoms with Gasteiger partial charge in [-0.05, 0) is 68.0 Å². The predicted molar refractivity (Wildman–Crippen MR) is 110 cm³/mol. The van der Waals surface area contributed by atoms with Gasteiger partial charge in [-0.3, -0.25) is 4.79 Å². The maximum Gasteiger partial charge on any atom is 0.163 e. The molecular formula is C22H26N2OS. The molecular weight excluding hydrogens is 340 g/mol. The van der Waals surface area contributed by atoms with Crippen molar-refractivity contribution in [3.8, 4) is 0 Å². The standard InChI is InChI=1S/C22H26N2OS/c1-12-8-15-16(9-13(12)2)24-21(19-7-6-14(3)26-19)20-17(23-15)10-22(4,5)11-18(20)25/h6-9,21,23-24H,10-11H2,1-5H3/t21-/m0/s1. The minimum absolute atomic E-state index is 0.0108. The number of thiophene rings is 1. The molecule has 0 unspecified atom stereocenters. The zero-order valence-electron chi connectivity index (χ0n) is 16.1. The first-order valence-corrected chi connectivity index (χ1v) is 10.0. The Morgan fingerprint density at radius 1 is 1.04 bits per heavy atom. The summed E-state index contributed by atoms with van der Waals surface area (Å²) in [5.74, 6) is 0.258. The second-order valence-corrected chi connectivity index (χ2v) is 9.79. The third-order valence-corrected chi connectivity index (χ3v) is 6.54. The van der Waals surface area contributed by atoms with E-state index in [2.05, 4.69) is 69.5 Å². The van der Waals surface area contributed by atoms with Gasteiger partial charge in [-0.25, -0.2) is 0 Å². The van der Waals surface area contributed by atoms with E-state index < -0.39 is 0 Å². The monoisotopic (exact) mass is 366 g/mol. The van der Waals surface area contributed by atoms with Gasteiger partial charge in [0.15, 0.2) is 5.78 Å². The molecule has 0 amide bonds. The first kappa shape index (κ1) is 17.3. The van der Waals surface area contributed by atoms with Crippen molar-refractivity contribution in [2.75, 3.05) is 10.6 Å². The van der Waals surface area contributed by atoms with E-state index in [1.807, 2.05) is 0 Å². The van der Waals surface area contributed by atoms with Crippen LogP contribution in [-0.2, 0) is 4.79 Å². The molecule has 1 aromatic heterocycles. The average Bonchev–Trinajstić information content (AvgIpc) is 2.89. The van der Waals surface area contributed by atoms with Crippen LogP contribution in [0.4, 0.5) is 11.4 Å². The molecule has 1 aliphatic heterocycles. The molecule has 1 aliphatic carbocycles. The van der Waals surface area contributed by atoms with Crippen LogP contribution in [0.5, 0.6) is 0 Å². The lowest BCUT2D eigenvalue weighted by Crippen LogP contribution is -2.31. The fourth-order valence-corrected chi connectivity index (χ4v) is 4.97. The van der Waals surface area contributed by atoms with Gasteiger partial charge in [-0.15, -0.1) is 11.3 Å². The van der Waals surface area contributed by atoms with Gasteiger partial charge in [-0.1, -0.05) is 13.8 Å². The predicted octanol–water partition coefficient (Wildman–Crippen LogP) is 5.90. The minimum atomic E-state index is -0.0804. The van der Waals surface area contributed by atoms with E-state index >= 15 is 0 Å². The summed E-state index contributed by atoms with van der Waals surface area (Å²) in [6.07, 6.45) is 1.49. The van der Waals surface area contributed by atoms with Crippen molar-refractivity contribution >= 4 is 28.5 Å². The molecule has 2 heterocycles. The maximum absolute atomic E-state index is 13.1. The number of benzene rings is 1. The largest absolute Gasteiger partial charge is 0.372 e. The first-order chi connectivity index (χ1) is 12.2. The Labute approximate surface area is 159 Å². The van der Waals surface area contributed by atoms with Crippen LogP contribution in [0.3, 0.4) is 0 Å². The highest BCUT2D eigenvalue weighted by atomic mass is 32.1. The number of fused-ring (bicyclic) bond motifs is 1. The fourth-order valence-electron chi connectivity index (χ4n) is 4.03. The van der Waals surface area contributed by atoms with Crippen LogP contribution in [0.15, 0.2) is 35.5 Å². The highest BCUT2D eigenvalue weighted by molar-refractivity contribution is 7.12. The topological polar surface area (TPSA) is 41.1 Å². The zero-order valence-corrected chi connectivity index (χ0v) is 16.9. The van der Waals surface area contributed by atoms with E-state index in [9.17, 15) is 4.79 Å². The molecule has 2 aliphatic rings. The average molecular weight is 367 g/mol. The fraction of sp³-hybridized carbons (Fsp3) is 0.409. The number of allylic oxidation sites excluding steroid dienone is 1. The summed E-state index contributed by atoms with van der Waals surface area (Å²) in [5, 5.41) is 7.31. The molecule has 2 aromatic rings. The third kappa shape index (κ3) is 2.96. The Kier molecular flexibility index (Phi) is 3.99.